The SMILES string of the molecule is C[C@H](NCCCC(F)(F)F)C(=O)N[C@H]1C(=O)C=C2N(CCC2(C)C)c2ncccc21. The maximum atomic E-state index is 13.0. The van der Waals surface area contributed by atoms with Crippen LogP contribution < -0.4 is 15.5 Å². The number of pyridine rings is 1. The largest absolute Gasteiger partial charge is 0.389 e. The van der Waals surface area contributed by atoms with E-state index >= 15 is 0 Å². The third-order valence-electron chi connectivity index (χ3n) is 5.66. The number of hydrogen-bond donors (Lipinski definition) is 2. The number of nitrogens with one attached hydrogen (secondary N) is 2. The lowest BCUT2D eigenvalue weighted by molar-refractivity contribution is -0.135. The molecule has 0 radical (unpaired) electrons. The van der Waals surface area contributed by atoms with Gasteiger partial charge in [0.25, 0.3) is 0 Å². The van der Waals surface area contributed by atoms with Crippen LogP contribution in [0, 0.1) is 5.41 Å². The predicted molar refractivity (Wildman–Crippen MR) is 107 cm³/mol. The summed E-state index contributed by atoms with van der Waals surface area (Å²) < 4.78 is 36.8. The number of carbonyl (C=O) groups is 2. The minimum atomic E-state index is -4.22. The van der Waals surface area contributed by atoms with E-state index < -0.39 is 30.6 Å². The zero-order valence-corrected chi connectivity index (χ0v) is 17.3. The number of hydrogen-bond acceptors (Lipinski definition) is 5. The van der Waals surface area contributed by atoms with Crippen LogP contribution in [0.3, 0.4) is 0 Å². The van der Waals surface area contributed by atoms with Crippen LogP contribution in [0.4, 0.5) is 19.0 Å². The summed E-state index contributed by atoms with van der Waals surface area (Å²) in [6.45, 7) is 6.49. The van der Waals surface area contributed by atoms with Crippen molar-refractivity contribution >= 4 is 17.5 Å². The number of amides is 1. The number of allylic oxidation sites excluding steroid dienone is 1. The number of alkyl halides is 3. The Bertz CT molecular complexity index is 851. The zero-order chi connectivity index (χ0) is 22.1. The summed E-state index contributed by atoms with van der Waals surface area (Å²) in [6.07, 6.45) is -1.12. The molecule has 0 aliphatic carbocycles. The van der Waals surface area contributed by atoms with Crippen LogP contribution >= 0.6 is 0 Å². The molecule has 2 aliphatic heterocycles. The number of ketones is 1. The molecule has 0 unspecified atom stereocenters. The highest BCUT2D eigenvalue weighted by Crippen LogP contribution is 2.45. The highest BCUT2D eigenvalue weighted by atomic mass is 19.4. The Kier molecular flexibility index (Phi) is 6.21. The number of nitrogens with zero attached hydrogens (tertiary/aromatic N) is 2. The van der Waals surface area contributed by atoms with Gasteiger partial charge in [-0.15, -0.1) is 0 Å². The molecule has 0 aromatic carbocycles. The van der Waals surface area contributed by atoms with Crippen molar-refractivity contribution in [2.24, 2.45) is 5.41 Å². The fourth-order valence-electron chi connectivity index (χ4n) is 3.85. The molecule has 0 spiro atoms. The average Bonchev–Trinajstić information content (AvgIpc) is 2.89. The summed E-state index contributed by atoms with van der Waals surface area (Å²) in [4.78, 5) is 32.2. The van der Waals surface area contributed by atoms with Crippen LogP contribution in [0.2, 0.25) is 0 Å². The highest BCUT2D eigenvalue weighted by Gasteiger charge is 2.41. The van der Waals surface area contributed by atoms with Crippen molar-refractivity contribution in [3.8, 4) is 0 Å². The van der Waals surface area contributed by atoms with Gasteiger partial charge < -0.3 is 15.5 Å². The molecule has 2 aliphatic rings. The first-order valence-electron chi connectivity index (χ1n) is 10.1. The third-order valence-corrected chi connectivity index (χ3v) is 5.66. The van der Waals surface area contributed by atoms with Gasteiger partial charge in [0, 0.05) is 41.9 Å². The summed E-state index contributed by atoms with van der Waals surface area (Å²) in [5, 5.41) is 5.54. The lowest BCUT2D eigenvalue weighted by Gasteiger charge is -2.25. The van der Waals surface area contributed by atoms with Crippen molar-refractivity contribution in [3.63, 3.8) is 0 Å². The fourth-order valence-corrected chi connectivity index (χ4v) is 3.85. The normalized spacial score (nSPS) is 21.4. The van der Waals surface area contributed by atoms with Crippen molar-refractivity contribution in [1.82, 2.24) is 15.6 Å². The molecule has 0 bridgehead atoms. The molecule has 2 atom stereocenters. The molecule has 1 aromatic rings. The zero-order valence-electron chi connectivity index (χ0n) is 17.3. The van der Waals surface area contributed by atoms with Crippen molar-refractivity contribution < 1.29 is 22.8 Å². The van der Waals surface area contributed by atoms with E-state index in [-0.39, 0.29) is 24.2 Å². The number of fused-ring (bicyclic) bond motifs is 3. The Hall–Kier alpha value is -2.42. The van der Waals surface area contributed by atoms with Gasteiger partial charge in [-0.3, -0.25) is 9.59 Å². The van der Waals surface area contributed by atoms with Gasteiger partial charge in [-0.2, -0.15) is 13.2 Å². The first kappa shape index (κ1) is 22.3. The molecule has 1 fully saturated rings. The van der Waals surface area contributed by atoms with Gasteiger partial charge in [0.2, 0.25) is 5.91 Å². The molecule has 1 saturated heterocycles. The van der Waals surface area contributed by atoms with E-state index in [2.05, 4.69) is 29.5 Å². The van der Waals surface area contributed by atoms with Gasteiger partial charge in [-0.1, -0.05) is 19.9 Å². The van der Waals surface area contributed by atoms with Gasteiger partial charge in [-0.25, -0.2) is 4.98 Å². The van der Waals surface area contributed by atoms with Crippen LogP contribution in [0.1, 0.15) is 51.6 Å². The summed E-state index contributed by atoms with van der Waals surface area (Å²) in [7, 11) is 0. The predicted octanol–water partition coefficient (Wildman–Crippen LogP) is 3.26. The molecule has 0 saturated carbocycles. The molecule has 2 N–H and O–H groups in total. The molecule has 30 heavy (non-hydrogen) atoms. The van der Waals surface area contributed by atoms with Gasteiger partial charge in [0.1, 0.15) is 11.9 Å². The van der Waals surface area contributed by atoms with E-state index in [0.717, 1.165) is 18.7 Å². The Morgan fingerprint density at radius 1 is 1.40 bits per heavy atom. The molecule has 1 amide bonds. The van der Waals surface area contributed by atoms with Crippen LogP contribution in [0.5, 0.6) is 0 Å². The monoisotopic (exact) mass is 424 g/mol. The Labute approximate surface area is 173 Å². The topological polar surface area (TPSA) is 74.3 Å². The molecule has 9 heteroatoms. The number of anilines is 1. The quantitative estimate of drug-likeness (QED) is 0.686. The minimum absolute atomic E-state index is 0.0525. The van der Waals surface area contributed by atoms with E-state index in [0.29, 0.717) is 11.4 Å². The van der Waals surface area contributed by atoms with Crippen molar-refractivity contribution in [1.29, 1.82) is 0 Å². The van der Waals surface area contributed by atoms with Crippen LogP contribution in [-0.2, 0) is 9.59 Å². The molecular weight excluding hydrogens is 397 g/mol. The first-order valence-corrected chi connectivity index (χ1v) is 10.1. The Morgan fingerprint density at radius 2 is 2.13 bits per heavy atom. The minimum Gasteiger partial charge on any atom is -0.340 e. The number of rotatable bonds is 6. The maximum Gasteiger partial charge on any atom is 0.389 e. The van der Waals surface area contributed by atoms with Crippen molar-refractivity contribution in [3.05, 3.63) is 35.7 Å². The number of aromatic nitrogens is 1. The second kappa shape index (κ2) is 8.37. The van der Waals surface area contributed by atoms with Crippen LogP contribution in [0.15, 0.2) is 30.1 Å². The standard InChI is InChI=1S/C21H27F3N4O2/c1-13(25-10-5-7-21(22,23)24)19(30)27-17-14-6-4-9-26-18(14)28-11-8-20(2,3)16(28)12-15(17)29/h4,6,9,12-13,17,25H,5,7-8,10-11H2,1-3H3,(H,27,30)/t13-,17+/m0/s1. The van der Waals surface area contributed by atoms with Crippen LogP contribution in [-0.4, -0.2) is 42.0 Å². The van der Waals surface area contributed by atoms with Gasteiger partial charge in [-0.05, 0) is 32.4 Å². The Morgan fingerprint density at radius 3 is 2.83 bits per heavy atom. The molecule has 6 nitrogen and oxygen atoms in total. The van der Waals surface area contributed by atoms with E-state index in [1.807, 2.05) is 4.90 Å². The summed E-state index contributed by atoms with van der Waals surface area (Å²) >= 11 is 0. The summed E-state index contributed by atoms with van der Waals surface area (Å²) in [6, 6.07) is 1.86. The number of halogens is 3. The van der Waals surface area contributed by atoms with E-state index in [9.17, 15) is 22.8 Å². The first-order chi connectivity index (χ1) is 14.0. The Balaban J connectivity index is 1.74. The van der Waals surface area contributed by atoms with Crippen LogP contribution in [0.25, 0.3) is 0 Å². The average molecular weight is 424 g/mol. The molecular formula is C21H27F3N4O2. The molecule has 3 heterocycles. The second-order valence-electron chi connectivity index (χ2n) is 8.47. The maximum absolute atomic E-state index is 13.0. The lowest BCUT2D eigenvalue weighted by atomic mass is 9.88. The summed E-state index contributed by atoms with van der Waals surface area (Å²) in [5.74, 6) is -0.0412. The van der Waals surface area contributed by atoms with E-state index in [1.54, 1.807) is 31.3 Å². The van der Waals surface area contributed by atoms with Gasteiger partial charge in [0.05, 0.1) is 6.04 Å². The van der Waals surface area contributed by atoms with Crippen molar-refractivity contribution in [2.75, 3.05) is 18.0 Å². The lowest BCUT2D eigenvalue weighted by Crippen LogP contribution is -2.45. The smallest absolute Gasteiger partial charge is 0.340 e. The second-order valence-corrected chi connectivity index (χ2v) is 8.47. The molecule has 3 rings (SSSR count). The highest BCUT2D eigenvalue weighted by molar-refractivity contribution is 6.01. The number of carbonyl (C=O) groups excluding carboxylic acids is 2. The van der Waals surface area contributed by atoms with E-state index in [4.69, 9.17) is 0 Å². The third kappa shape index (κ3) is 4.83. The van der Waals surface area contributed by atoms with Gasteiger partial charge in [0.15, 0.2) is 5.78 Å². The van der Waals surface area contributed by atoms with Gasteiger partial charge >= 0.3 is 6.18 Å². The summed E-state index contributed by atoms with van der Waals surface area (Å²) in [5.41, 5.74) is 1.31. The molecule has 1 aromatic heterocycles. The van der Waals surface area contributed by atoms with Crippen molar-refractivity contribution in [2.45, 2.75) is 58.3 Å². The fraction of sp³-hybridized carbons (Fsp3) is 0.571. The van der Waals surface area contributed by atoms with E-state index in [1.165, 1.54) is 0 Å². The molecule has 164 valence electrons.